The molecule has 1 amide bonds. The predicted octanol–water partition coefficient (Wildman–Crippen LogP) is 4.46. The SMILES string of the molecule is O=C(Nc1cccc2cccnc12)c1ccc(OCc2cccnc2)cc1. The highest BCUT2D eigenvalue weighted by Gasteiger charge is 2.09. The summed E-state index contributed by atoms with van der Waals surface area (Å²) in [7, 11) is 0. The Hall–Kier alpha value is -3.73. The molecule has 2 aromatic carbocycles. The van der Waals surface area contributed by atoms with Crippen LogP contribution in [0.25, 0.3) is 10.9 Å². The molecule has 0 saturated carbocycles. The van der Waals surface area contributed by atoms with Crippen LogP contribution >= 0.6 is 0 Å². The number of aromatic nitrogens is 2. The highest BCUT2D eigenvalue weighted by molar-refractivity contribution is 6.08. The van der Waals surface area contributed by atoms with Crippen LogP contribution in [0.4, 0.5) is 5.69 Å². The van der Waals surface area contributed by atoms with Crippen molar-refractivity contribution in [3.8, 4) is 5.75 Å². The third-order valence-electron chi connectivity index (χ3n) is 4.13. The Morgan fingerprint density at radius 1 is 0.926 bits per heavy atom. The van der Waals surface area contributed by atoms with E-state index < -0.39 is 0 Å². The van der Waals surface area contributed by atoms with Gasteiger partial charge in [0.1, 0.15) is 12.4 Å². The van der Waals surface area contributed by atoms with Crippen LogP contribution in [0, 0.1) is 0 Å². The Bertz CT molecular complexity index is 1060. The van der Waals surface area contributed by atoms with E-state index in [4.69, 9.17) is 4.74 Å². The summed E-state index contributed by atoms with van der Waals surface area (Å²) in [5, 5.41) is 3.91. The number of benzene rings is 2. The Balaban J connectivity index is 1.44. The summed E-state index contributed by atoms with van der Waals surface area (Å²) < 4.78 is 5.72. The van der Waals surface area contributed by atoms with E-state index in [-0.39, 0.29) is 5.91 Å². The lowest BCUT2D eigenvalue weighted by atomic mass is 10.1. The molecule has 0 bridgehead atoms. The highest BCUT2D eigenvalue weighted by atomic mass is 16.5. The quantitative estimate of drug-likeness (QED) is 0.574. The lowest BCUT2D eigenvalue weighted by Crippen LogP contribution is -2.12. The van der Waals surface area contributed by atoms with Gasteiger partial charge in [0.2, 0.25) is 0 Å². The smallest absolute Gasteiger partial charge is 0.255 e. The van der Waals surface area contributed by atoms with E-state index in [1.165, 1.54) is 0 Å². The van der Waals surface area contributed by atoms with E-state index in [9.17, 15) is 4.79 Å². The molecular weight excluding hydrogens is 338 g/mol. The molecule has 27 heavy (non-hydrogen) atoms. The second-order valence-electron chi connectivity index (χ2n) is 6.01. The van der Waals surface area contributed by atoms with Crippen LogP contribution in [0.1, 0.15) is 15.9 Å². The molecule has 0 aliphatic carbocycles. The van der Waals surface area contributed by atoms with Gasteiger partial charge in [0.25, 0.3) is 5.91 Å². The molecule has 5 nitrogen and oxygen atoms in total. The van der Waals surface area contributed by atoms with Gasteiger partial charge in [-0.05, 0) is 42.5 Å². The molecule has 4 aromatic rings. The Kier molecular flexibility index (Phi) is 4.74. The number of nitrogens with one attached hydrogen (secondary N) is 1. The number of nitrogens with zero attached hydrogens (tertiary/aromatic N) is 2. The first-order chi connectivity index (χ1) is 13.3. The molecule has 0 fully saturated rings. The van der Waals surface area contributed by atoms with Gasteiger partial charge in [-0.3, -0.25) is 14.8 Å². The van der Waals surface area contributed by atoms with Crippen LogP contribution in [-0.4, -0.2) is 15.9 Å². The molecule has 1 N–H and O–H groups in total. The molecule has 2 heterocycles. The maximum Gasteiger partial charge on any atom is 0.255 e. The number of rotatable bonds is 5. The average molecular weight is 355 g/mol. The van der Waals surface area contributed by atoms with Crippen LogP contribution in [0.3, 0.4) is 0 Å². The van der Waals surface area contributed by atoms with Crippen molar-refractivity contribution in [2.45, 2.75) is 6.61 Å². The van der Waals surface area contributed by atoms with Crippen LogP contribution < -0.4 is 10.1 Å². The van der Waals surface area contributed by atoms with Crippen molar-refractivity contribution in [1.82, 2.24) is 9.97 Å². The summed E-state index contributed by atoms with van der Waals surface area (Å²) >= 11 is 0. The highest BCUT2D eigenvalue weighted by Crippen LogP contribution is 2.22. The summed E-state index contributed by atoms with van der Waals surface area (Å²) in [6, 6.07) is 20.4. The van der Waals surface area contributed by atoms with Crippen molar-refractivity contribution in [2.75, 3.05) is 5.32 Å². The van der Waals surface area contributed by atoms with Gasteiger partial charge in [-0.1, -0.05) is 24.3 Å². The maximum atomic E-state index is 12.6. The maximum absolute atomic E-state index is 12.6. The predicted molar refractivity (Wildman–Crippen MR) is 105 cm³/mol. The minimum absolute atomic E-state index is 0.188. The van der Waals surface area contributed by atoms with Gasteiger partial charge in [-0.15, -0.1) is 0 Å². The van der Waals surface area contributed by atoms with Gasteiger partial charge in [0.15, 0.2) is 0 Å². The number of fused-ring (bicyclic) bond motifs is 1. The van der Waals surface area contributed by atoms with Gasteiger partial charge in [-0.2, -0.15) is 0 Å². The number of hydrogen-bond acceptors (Lipinski definition) is 4. The number of anilines is 1. The van der Waals surface area contributed by atoms with E-state index in [2.05, 4.69) is 15.3 Å². The first-order valence-corrected chi connectivity index (χ1v) is 8.56. The molecule has 0 radical (unpaired) electrons. The fourth-order valence-corrected chi connectivity index (χ4v) is 2.75. The van der Waals surface area contributed by atoms with Crippen LogP contribution in [0.2, 0.25) is 0 Å². The van der Waals surface area contributed by atoms with Crippen molar-refractivity contribution >= 4 is 22.5 Å². The summed E-state index contributed by atoms with van der Waals surface area (Å²) in [6.45, 7) is 0.432. The Labute approximate surface area is 156 Å². The van der Waals surface area contributed by atoms with Crippen molar-refractivity contribution in [3.63, 3.8) is 0 Å². The minimum Gasteiger partial charge on any atom is -0.489 e. The van der Waals surface area contributed by atoms with E-state index in [1.807, 2.05) is 42.5 Å². The summed E-state index contributed by atoms with van der Waals surface area (Å²) in [6.07, 6.45) is 5.20. The molecule has 0 spiro atoms. The number of pyridine rings is 2. The van der Waals surface area contributed by atoms with Crippen LogP contribution in [-0.2, 0) is 6.61 Å². The van der Waals surface area contributed by atoms with Gasteiger partial charge in [-0.25, -0.2) is 0 Å². The summed E-state index contributed by atoms with van der Waals surface area (Å²) in [5.41, 5.74) is 3.00. The summed E-state index contributed by atoms with van der Waals surface area (Å²) in [4.78, 5) is 21.0. The standard InChI is InChI=1S/C22H17N3O2/c26-22(25-20-7-1-5-17-6-3-13-24-21(17)20)18-8-10-19(11-9-18)27-15-16-4-2-12-23-14-16/h1-14H,15H2,(H,25,26). The molecule has 0 saturated heterocycles. The zero-order valence-electron chi connectivity index (χ0n) is 14.5. The average Bonchev–Trinajstić information content (AvgIpc) is 2.74. The third kappa shape index (κ3) is 3.93. The fourth-order valence-electron chi connectivity index (χ4n) is 2.75. The lowest BCUT2D eigenvalue weighted by Gasteiger charge is -2.09. The molecule has 132 valence electrons. The second-order valence-corrected chi connectivity index (χ2v) is 6.01. The molecule has 2 aromatic heterocycles. The topological polar surface area (TPSA) is 64.1 Å². The Morgan fingerprint density at radius 2 is 1.74 bits per heavy atom. The Morgan fingerprint density at radius 3 is 2.56 bits per heavy atom. The molecule has 0 aliphatic rings. The van der Waals surface area contributed by atoms with E-state index >= 15 is 0 Å². The van der Waals surface area contributed by atoms with Crippen molar-refractivity contribution < 1.29 is 9.53 Å². The van der Waals surface area contributed by atoms with Crippen LogP contribution in [0.15, 0.2) is 85.3 Å². The van der Waals surface area contributed by atoms with E-state index in [0.29, 0.717) is 23.6 Å². The number of carbonyl (C=O) groups is 1. The van der Waals surface area contributed by atoms with E-state index in [0.717, 1.165) is 16.5 Å². The number of ether oxygens (including phenoxy) is 1. The molecule has 0 atom stereocenters. The van der Waals surface area contributed by atoms with Gasteiger partial charge in [0, 0.05) is 35.1 Å². The zero-order chi connectivity index (χ0) is 18.5. The number of carbonyl (C=O) groups excluding carboxylic acids is 1. The summed E-state index contributed by atoms with van der Waals surface area (Å²) in [5.74, 6) is 0.509. The number of hydrogen-bond donors (Lipinski definition) is 1. The zero-order valence-corrected chi connectivity index (χ0v) is 14.5. The number of para-hydroxylation sites is 1. The lowest BCUT2D eigenvalue weighted by molar-refractivity contribution is 0.102. The first-order valence-electron chi connectivity index (χ1n) is 8.56. The van der Waals surface area contributed by atoms with Crippen molar-refractivity contribution in [3.05, 3.63) is 96.4 Å². The van der Waals surface area contributed by atoms with Crippen LogP contribution in [0.5, 0.6) is 5.75 Å². The molecule has 0 aliphatic heterocycles. The van der Waals surface area contributed by atoms with E-state index in [1.54, 1.807) is 42.9 Å². The molecular formula is C22H17N3O2. The van der Waals surface area contributed by atoms with Gasteiger partial charge < -0.3 is 10.1 Å². The molecule has 0 unspecified atom stereocenters. The normalized spacial score (nSPS) is 10.5. The van der Waals surface area contributed by atoms with Crippen molar-refractivity contribution in [1.29, 1.82) is 0 Å². The number of amides is 1. The third-order valence-corrected chi connectivity index (χ3v) is 4.13. The fraction of sp³-hybridized carbons (Fsp3) is 0.0455. The molecule has 4 rings (SSSR count). The van der Waals surface area contributed by atoms with Crippen molar-refractivity contribution in [2.24, 2.45) is 0 Å². The largest absolute Gasteiger partial charge is 0.489 e. The minimum atomic E-state index is -0.188. The van der Waals surface area contributed by atoms with Gasteiger partial charge >= 0.3 is 0 Å². The molecule has 5 heteroatoms. The monoisotopic (exact) mass is 355 g/mol. The first kappa shape index (κ1) is 16.7. The second kappa shape index (κ2) is 7.66. The van der Waals surface area contributed by atoms with Gasteiger partial charge in [0.05, 0.1) is 11.2 Å².